The third-order valence-corrected chi connectivity index (χ3v) is 11.9. The summed E-state index contributed by atoms with van der Waals surface area (Å²) in [5, 5.41) is 10.1. The quantitative estimate of drug-likeness (QED) is 0.312. The van der Waals surface area contributed by atoms with Gasteiger partial charge in [-0.2, -0.15) is 0 Å². The summed E-state index contributed by atoms with van der Waals surface area (Å²) in [6.07, 6.45) is 11.5. The van der Waals surface area contributed by atoms with Crippen molar-refractivity contribution in [3.63, 3.8) is 0 Å². The Morgan fingerprint density at radius 1 is 0.667 bits per heavy atom. The van der Waals surface area contributed by atoms with Crippen LogP contribution in [0.4, 0.5) is 0 Å². The molecule has 2 aromatic rings. The van der Waals surface area contributed by atoms with E-state index in [0.717, 1.165) is 74.0 Å². The van der Waals surface area contributed by atoms with E-state index in [1.54, 1.807) is 30.3 Å². The molecule has 1 N–H and O–H groups in total. The number of hydrogen-bond acceptors (Lipinski definition) is 6. The molecule has 228 valence electrons. The average molecular weight is 655 g/mol. The Bertz CT molecular complexity index is 1200. The zero-order valence-corrected chi connectivity index (χ0v) is 27.2. The van der Waals surface area contributed by atoms with Crippen LogP contribution >= 0.6 is 36.8 Å². The molecular formula is C32H41Cl2O6P2+. The third-order valence-electron chi connectivity index (χ3n) is 10.1. The summed E-state index contributed by atoms with van der Waals surface area (Å²) < 4.78 is 39.0. The van der Waals surface area contributed by atoms with E-state index in [1.165, 1.54) is 38.5 Å². The lowest BCUT2D eigenvalue weighted by atomic mass is 9.54. The van der Waals surface area contributed by atoms with Crippen molar-refractivity contribution in [2.75, 3.05) is 0 Å². The smallest absolute Gasteiger partial charge is 0.422 e. The Morgan fingerprint density at radius 2 is 1.05 bits per heavy atom. The van der Waals surface area contributed by atoms with Crippen molar-refractivity contribution >= 4 is 36.8 Å². The summed E-state index contributed by atoms with van der Waals surface area (Å²) in [5.74, 6) is 6.09. The molecule has 6 nitrogen and oxygen atoms in total. The van der Waals surface area contributed by atoms with Crippen LogP contribution in [0.2, 0.25) is 0 Å². The minimum atomic E-state index is -3.44. The molecule has 0 amide bonds. The first-order chi connectivity index (χ1) is 20.0. The molecule has 8 fully saturated rings. The first-order valence-electron chi connectivity index (χ1n) is 15.4. The molecule has 0 spiro atoms. The van der Waals surface area contributed by atoms with Crippen LogP contribution in [0.1, 0.15) is 77.0 Å². The number of para-hydroxylation sites is 2. The van der Waals surface area contributed by atoms with Crippen molar-refractivity contribution in [3.8, 4) is 11.5 Å². The van der Waals surface area contributed by atoms with Crippen molar-refractivity contribution in [1.82, 2.24) is 0 Å². The normalized spacial score (nSPS) is 37.2. The maximum Gasteiger partial charge on any atom is 0.750 e. The van der Waals surface area contributed by atoms with Crippen molar-refractivity contribution in [2.24, 2.45) is 35.5 Å². The van der Waals surface area contributed by atoms with Gasteiger partial charge in [0, 0.05) is 27.0 Å². The number of hydrogen-bond donors (Lipinski definition) is 1. The van der Waals surface area contributed by atoms with Crippen LogP contribution in [0.25, 0.3) is 0 Å². The Morgan fingerprint density at radius 3 is 1.43 bits per heavy atom. The largest absolute Gasteiger partial charge is 0.750 e. The minimum Gasteiger partial charge on any atom is -0.422 e. The van der Waals surface area contributed by atoms with Crippen LogP contribution in [0, 0.1) is 35.5 Å². The van der Waals surface area contributed by atoms with Gasteiger partial charge in [-0.25, -0.2) is 9.09 Å². The molecule has 0 radical (unpaired) electrons. The standard InChI is InChI=1S/C16H20O3P.C10H16O.C6H5Cl2O2P/c17-20(18-15-4-2-1-3-5-15)19-16-9-12-6-13(10-16)8-14(7-12)11-16;11-10-4-7-1-8(5-10)3-9(2-7)6-10;7-11(8,9)10-6-4-2-1-3-5-6/h1-5,12-14H,6-11H2;7-9,11H,1-6H2;1-5H/q+1;;. The van der Waals surface area contributed by atoms with E-state index in [4.69, 9.17) is 31.5 Å². The average Bonchev–Trinajstić information content (AvgIpc) is 2.87. The van der Waals surface area contributed by atoms with Gasteiger partial charge >= 0.3 is 14.3 Å². The molecule has 42 heavy (non-hydrogen) atoms. The van der Waals surface area contributed by atoms with Gasteiger partial charge in [0.15, 0.2) is 5.75 Å². The topological polar surface area (TPSA) is 82.1 Å². The summed E-state index contributed by atoms with van der Waals surface area (Å²) in [7, 11) is -2.07. The van der Waals surface area contributed by atoms with E-state index in [1.807, 2.05) is 30.3 Å². The van der Waals surface area contributed by atoms with Crippen molar-refractivity contribution < 1.29 is 27.8 Å². The van der Waals surface area contributed by atoms with Gasteiger partial charge in [-0.15, -0.1) is 4.52 Å². The lowest BCUT2D eigenvalue weighted by Crippen LogP contribution is -2.51. The van der Waals surface area contributed by atoms with Crippen LogP contribution in [-0.2, 0) is 13.7 Å². The molecule has 0 saturated heterocycles. The zero-order chi connectivity index (χ0) is 29.4. The van der Waals surface area contributed by atoms with Gasteiger partial charge in [0.25, 0.3) is 0 Å². The monoisotopic (exact) mass is 653 g/mol. The van der Waals surface area contributed by atoms with Crippen LogP contribution in [-0.4, -0.2) is 16.3 Å². The van der Waals surface area contributed by atoms with E-state index >= 15 is 0 Å². The van der Waals surface area contributed by atoms with Gasteiger partial charge < -0.3 is 9.63 Å². The summed E-state index contributed by atoms with van der Waals surface area (Å²) in [4.78, 5) is 0. The summed E-state index contributed by atoms with van der Waals surface area (Å²) in [6.45, 7) is 0. The van der Waals surface area contributed by atoms with Gasteiger partial charge in [-0.05, 0) is 137 Å². The van der Waals surface area contributed by atoms with Crippen LogP contribution in [0.5, 0.6) is 11.5 Å². The molecule has 2 aromatic carbocycles. The van der Waals surface area contributed by atoms with E-state index < -0.39 is 14.3 Å². The highest BCUT2D eigenvalue weighted by Crippen LogP contribution is 2.60. The van der Waals surface area contributed by atoms with Crippen molar-refractivity contribution in [3.05, 3.63) is 60.7 Å². The molecule has 0 aromatic heterocycles. The number of halogens is 2. The molecule has 0 heterocycles. The third kappa shape index (κ3) is 8.12. The zero-order valence-electron chi connectivity index (χ0n) is 23.9. The fourth-order valence-electron chi connectivity index (χ4n) is 9.56. The predicted octanol–water partition coefficient (Wildman–Crippen LogP) is 10.3. The summed E-state index contributed by atoms with van der Waals surface area (Å²) >= 11 is 10.3. The maximum absolute atomic E-state index is 12.2. The van der Waals surface area contributed by atoms with E-state index in [0.29, 0.717) is 11.5 Å². The van der Waals surface area contributed by atoms with Crippen LogP contribution in [0.3, 0.4) is 0 Å². The Balaban J connectivity index is 0.000000122. The Labute approximate surface area is 259 Å². The SMILES string of the molecule is O=P(Cl)(Cl)Oc1ccccc1.O=[P+](Oc1ccccc1)OC12CC3CC(CC(C3)C1)C2.OC12CC3CC(CC(C3)C1)C2. The molecule has 1 atom stereocenters. The highest BCUT2D eigenvalue weighted by atomic mass is 35.9. The minimum absolute atomic E-state index is 0.156. The van der Waals surface area contributed by atoms with Crippen molar-refractivity contribution in [1.29, 1.82) is 0 Å². The van der Waals surface area contributed by atoms with Crippen molar-refractivity contribution in [2.45, 2.75) is 88.3 Å². The van der Waals surface area contributed by atoms with E-state index in [9.17, 15) is 14.2 Å². The molecule has 8 bridgehead atoms. The van der Waals surface area contributed by atoms with Gasteiger partial charge in [0.2, 0.25) is 0 Å². The second-order valence-electron chi connectivity index (χ2n) is 13.8. The van der Waals surface area contributed by atoms with Gasteiger partial charge in [0.05, 0.1) is 5.60 Å². The Hall–Kier alpha value is -1.13. The van der Waals surface area contributed by atoms with E-state index in [-0.39, 0.29) is 11.2 Å². The molecule has 8 aliphatic rings. The number of benzene rings is 2. The molecule has 0 aliphatic heterocycles. The molecule has 1 unspecified atom stereocenters. The molecule has 8 aliphatic carbocycles. The fourth-order valence-corrected chi connectivity index (χ4v) is 11.3. The maximum atomic E-state index is 12.2. The molecule has 8 saturated carbocycles. The molecule has 10 rings (SSSR count). The fraction of sp³-hybridized carbons (Fsp3) is 0.625. The second kappa shape index (κ2) is 12.7. The first-order valence-corrected chi connectivity index (χ1v) is 19.9. The lowest BCUT2D eigenvalue weighted by molar-refractivity contribution is -0.124. The number of aliphatic hydroxyl groups is 1. The van der Waals surface area contributed by atoms with E-state index in [2.05, 4.69) is 4.52 Å². The first kappa shape index (κ1) is 30.9. The van der Waals surface area contributed by atoms with Gasteiger partial charge in [-0.1, -0.05) is 36.4 Å². The highest BCUT2D eigenvalue weighted by Gasteiger charge is 2.56. The highest BCUT2D eigenvalue weighted by molar-refractivity contribution is 8.05. The summed E-state index contributed by atoms with van der Waals surface area (Å²) in [5.41, 5.74) is -0.355. The molecular weight excluding hydrogens is 613 g/mol. The number of rotatable bonds is 6. The molecule has 10 heteroatoms. The lowest BCUT2D eigenvalue weighted by Gasteiger charge is -2.54. The van der Waals surface area contributed by atoms with Crippen LogP contribution in [0.15, 0.2) is 60.7 Å². The Kier molecular flexibility index (Phi) is 9.34. The van der Waals surface area contributed by atoms with Gasteiger partial charge in [0.1, 0.15) is 11.4 Å². The van der Waals surface area contributed by atoms with Crippen LogP contribution < -0.4 is 9.05 Å². The second-order valence-corrected chi connectivity index (χ2v) is 18.8. The van der Waals surface area contributed by atoms with Gasteiger partial charge in [-0.3, -0.25) is 0 Å². The summed E-state index contributed by atoms with van der Waals surface area (Å²) in [6, 6.07) is 17.8. The predicted molar refractivity (Wildman–Crippen MR) is 166 cm³/mol.